The molecular formula is C29H33N5O5S3. The number of carbonyl (C=O) groups excluding carboxylic acids is 2. The van der Waals surface area contributed by atoms with E-state index < -0.39 is 10.0 Å². The third kappa shape index (κ3) is 8.51. The SMILES string of the molecule is CC(C)c1ccc(NC(=O)CSc2nc3ccsc3c(=O)n2CCCC(=O)NCCc2ccc(S(N)(=O)=O)cc2)cc1. The quantitative estimate of drug-likeness (QED) is 0.149. The highest BCUT2D eigenvalue weighted by Crippen LogP contribution is 2.22. The second kappa shape index (κ2) is 14.1. The normalized spacial score (nSPS) is 11.6. The minimum absolute atomic E-state index is 0.0373. The van der Waals surface area contributed by atoms with Crippen LogP contribution in [-0.4, -0.2) is 42.1 Å². The van der Waals surface area contributed by atoms with Crippen molar-refractivity contribution in [3.63, 3.8) is 0 Å². The highest BCUT2D eigenvalue weighted by atomic mass is 32.2. The fourth-order valence-corrected chi connectivity index (χ4v) is 6.31. The maximum absolute atomic E-state index is 13.2. The predicted octanol–water partition coefficient (Wildman–Crippen LogP) is 4.10. The maximum atomic E-state index is 13.2. The van der Waals surface area contributed by atoms with Crippen LogP contribution >= 0.6 is 23.1 Å². The Morgan fingerprint density at radius 3 is 2.43 bits per heavy atom. The zero-order valence-electron chi connectivity index (χ0n) is 23.3. The molecule has 222 valence electrons. The van der Waals surface area contributed by atoms with Crippen LogP contribution in [0.25, 0.3) is 10.2 Å². The molecule has 0 fully saturated rings. The number of primary sulfonamides is 1. The largest absolute Gasteiger partial charge is 0.356 e. The van der Waals surface area contributed by atoms with Crippen LogP contribution in [0, 0.1) is 0 Å². The van der Waals surface area contributed by atoms with Crippen molar-refractivity contribution < 1.29 is 18.0 Å². The molecule has 0 saturated heterocycles. The molecule has 2 heterocycles. The van der Waals surface area contributed by atoms with Crippen LogP contribution in [0.1, 0.15) is 43.7 Å². The highest BCUT2D eigenvalue weighted by Gasteiger charge is 2.15. The average molecular weight is 628 g/mol. The predicted molar refractivity (Wildman–Crippen MR) is 168 cm³/mol. The summed E-state index contributed by atoms with van der Waals surface area (Å²) in [6.45, 7) is 4.88. The molecule has 4 aromatic rings. The van der Waals surface area contributed by atoms with Gasteiger partial charge in [0.15, 0.2) is 5.16 Å². The Kier molecular flexibility index (Phi) is 10.5. The number of carbonyl (C=O) groups is 2. The van der Waals surface area contributed by atoms with Gasteiger partial charge in [0.2, 0.25) is 21.8 Å². The van der Waals surface area contributed by atoms with Crippen molar-refractivity contribution in [3.05, 3.63) is 81.5 Å². The lowest BCUT2D eigenvalue weighted by Crippen LogP contribution is -2.27. The number of sulfonamides is 1. The van der Waals surface area contributed by atoms with Crippen LogP contribution in [0.5, 0.6) is 0 Å². The maximum Gasteiger partial charge on any atom is 0.272 e. The van der Waals surface area contributed by atoms with E-state index in [0.29, 0.717) is 46.4 Å². The Balaban J connectivity index is 1.30. The van der Waals surface area contributed by atoms with E-state index in [4.69, 9.17) is 5.14 Å². The summed E-state index contributed by atoms with van der Waals surface area (Å²) in [4.78, 5) is 42.9. The lowest BCUT2D eigenvalue weighted by atomic mass is 10.0. The van der Waals surface area contributed by atoms with Gasteiger partial charge in [0, 0.05) is 25.2 Å². The van der Waals surface area contributed by atoms with Gasteiger partial charge in [0.25, 0.3) is 5.56 Å². The van der Waals surface area contributed by atoms with Crippen LogP contribution in [-0.2, 0) is 32.6 Å². The molecule has 0 saturated carbocycles. The van der Waals surface area contributed by atoms with Gasteiger partial charge in [-0.3, -0.25) is 19.0 Å². The first-order chi connectivity index (χ1) is 20.0. The first-order valence-electron chi connectivity index (χ1n) is 13.4. The number of anilines is 1. The van der Waals surface area contributed by atoms with Crippen LogP contribution in [0.4, 0.5) is 5.69 Å². The Morgan fingerprint density at radius 1 is 1.05 bits per heavy atom. The lowest BCUT2D eigenvalue weighted by Gasteiger charge is -2.12. The molecule has 0 aliphatic rings. The number of thioether (sulfide) groups is 1. The number of rotatable bonds is 13. The average Bonchev–Trinajstić information content (AvgIpc) is 3.42. The summed E-state index contributed by atoms with van der Waals surface area (Å²) < 4.78 is 24.8. The Bertz CT molecular complexity index is 1710. The molecule has 2 aromatic heterocycles. The van der Waals surface area contributed by atoms with E-state index >= 15 is 0 Å². The van der Waals surface area contributed by atoms with E-state index in [1.54, 1.807) is 23.6 Å². The van der Waals surface area contributed by atoms with Gasteiger partial charge in [-0.1, -0.05) is 49.9 Å². The summed E-state index contributed by atoms with van der Waals surface area (Å²) in [6.07, 6.45) is 1.14. The van der Waals surface area contributed by atoms with Crippen molar-refractivity contribution >= 4 is 60.8 Å². The zero-order chi connectivity index (χ0) is 30.3. The van der Waals surface area contributed by atoms with E-state index in [1.165, 1.54) is 45.4 Å². The van der Waals surface area contributed by atoms with Gasteiger partial charge < -0.3 is 10.6 Å². The van der Waals surface area contributed by atoms with Gasteiger partial charge >= 0.3 is 0 Å². The van der Waals surface area contributed by atoms with Gasteiger partial charge in [-0.15, -0.1) is 11.3 Å². The van der Waals surface area contributed by atoms with Gasteiger partial charge in [-0.25, -0.2) is 18.5 Å². The number of hydrogen-bond donors (Lipinski definition) is 3. The summed E-state index contributed by atoms with van der Waals surface area (Å²) in [5.74, 6) is 0.108. The number of thiophene rings is 1. The molecule has 4 N–H and O–H groups in total. The number of aromatic nitrogens is 2. The number of nitrogens with two attached hydrogens (primary N) is 1. The van der Waals surface area contributed by atoms with Crippen molar-refractivity contribution in [2.45, 2.75) is 55.6 Å². The van der Waals surface area contributed by atoms with Crippen LogP contribution in [0.15, 0.2) is 74.8 Å². The monoisotopic (exact) mass is 627 g/mol. The molecule has 4 rings (SSSR count). The smallest absolute Gasteiger partial charge is 0.272 e. The Labute approximate surface area is 252 Å². The van der Waals surface area contributed by atoms with Gasteiger partial charge in [-0.2, -0.15) is 0 Å². The summed E-state index contributed by atoms with van der Waals surface area (Å²) in [5, 5.41) is 13.1. The second-order valence-electron chi connectivity index (χ2n) is 9.99. The van der Waals surface area contributed by atoms with Gasteiger partial charge in [0.1, 0.15) is 4.70 Å². The number of nitrogens with one attached hydrogen (secondary N) is 2. The fraction of sp³-hybridized carbons (Fsp3) is 0.310. The molecule has 2 amide bonds. The van der Waals surface area contributed by atoms with E-state index in [-0.39, 0.29) is 41.0 Å². The minimum Gasteiger partial charge on any atom is -0.356 e. The van der Waals surface area contributed by atoms with Gasteiger partial charge in [0.05, 0.1) is 16.2 Å². The van der Waals surface area contributed by atoms with Crippen molar-refractivity contribution in [2.75, 3.05) is 17.6 Å². The van der Waals surface area contributed by atoms with Gasteiger partial charge in [-0.05, 0) is 65.6 Å². The van der Waals surface area contributed by atoms with E-state index in [9.17, 15) is 22.8 Å². The number of hydrogen-bond acceptors (Lipinski definition) is 8. The molecule has 0 aliphatic heterocycles. The molecular weight excluding hydrogens is 595 g/mol. The molecule has 0 bridgehead atoms. The van der Waals surface area contributed by atoms with Crippen molar-refractivity contribution in [1.29, 1.82) is 0 Å². The van der Waals surface area contributed by atoms with Crippen LogP contribution in [0.2, 0.25) is 0 Å². The number of nitrogens with zero attached hydrogens (tertiary/aromatic N) is 2. The van der Waals surface area contributed by atoms with Crippen molar-refractivity contribution in [2.24, 2.45) is 5.14 Å². The Morgan fingerprint density at radius 2 is 1.76 bits per heavy atom. The Hall–Kier alpha value is -3.52. The molecule has 0 aliphatic carbocycles. The first kappa shape index (κ1) is 31.4. The van der Waals surface area contributed by atoms with Crippen molar-refractivity contribution in [1.82, 2.24) is 14.9 Å². The third-order valence-corrected chi connectivity index (χ3v) is 9.29. The topological polar surface area (TPSA) is 153 Å². The number of benzene rings is 2. The first-order valence-corrected chi connectivity index (χ1v) is 16.8. The molecule has 2 aromatic carbocycles. The lowest BCUT2D eigenvalue weighted by molar-refractivity contribution is -0.121. The molecule has 10 nitrogen and oxygen atoms in total. The van der Waals surface area contributed by atoms with Crippen LogP contribution < -0.4 is 21.3 Å². The summed E-state index contributed by atoms with van der Waals surface area (Å²) in [6, 6.07) is 15.7. The number of amides is 2. The molecule has 0 spiro atoms. The molecule has 0 radical (unpaired) electrons. The van der Waals surface area contributed by atoms with Crippen LogP contribution in [0.3, 0.4) is 0 Å². The van der Waals surface area contributed by atoms with Crippen molar-refractivity contribution in [3.8, 4) is 0 Å². The van der Waals surface area contributed by atoms with E-state index in [0.717, 1.165) is 5.56 Å². The second-order valence-corrected chi connectivity index (χ2v) is 13.4. The molecule has 13 heteroatoms. The van der Waals surface area contributed by atoms with E-state index in [1.807, 2.05) is 24.3 Å². The molecule has 0 atom stereocenters. The minimum atomic E-state index is -3.75. The standard InChI is InChI=1S/C29H33N5O5S3/c1-19(2)21-7-9-22(10-8-21)32-26(36)18-41-29-33-24-14-17-40-27(24)28(37)34(29)16-3-4-25(35)31-15-13-20-5-11-23(12-6-20)42(30,38)39/h5-12,14,17,19H,3-4,13,15-16,18H2,1-2H3,(H,31,35)(H,32,36)(H2,30,38,39). The molecule has 42 heavy (non-hydrogen) atoms. The third-order valence-electron chi connectivity index (χ3n) is 6.50. The summed E-state index contributed by atoms with van der Waals surface area (Å²) in [5.41, 5.74) is 3.15. The highest BCUT2D eigenvalue weighted by molar-refractivity contribution is 7.99. The summed E-state index contributed by atoms with van der Waals surface area (Å²) in [7, 11) is -3.75. The van der Waals surface area contributed by atoms with E-state index in [2.05, 4.69) is 29.5 Å². The zero-order valence-corrected chi connectivity index (χ0v) is 25.8. The molecule has 0 unspecified atom stereocenters. The number of fused-ring (bicyclic) bond motifs is 1. The fourth-order valence-electron chi connectivity index (χ4n) is 4.19. The summed E-state index contributed by atoms with van der Waals surface area (Å²) >= 11 is 2.50.